The number of nitrogens with zero attached hydrogens (tertiary/aromatic N) is 1. The fraction of sp³-hybridized carbons (Fsp3) is 0.500. The van der Waals surface area contributed by atoms with E-state index in [1.807, 2.05) is 51.1 Å². The van der Waals surface area contributed by atoms with Gasteiger partial charge in [-0.2, -0.15) is 0 Å². The van der Waals surface area contributed by atoms with Crippen molar-refractivity contribution in [1.29, 1.82) is 0 Å². The molecule has 0 spiro atoms. The summed E-state index contributed by atoms with van der Waals surface area (Å²) < 4.78 is 15.4. The number of likely N-dealkylation sites (tertiary alicyclic amines) is 1. The Labute approximate surface area is 177 Å². The number of piperidine rings is 1. The molecule has 8 heteroatoms. The third kappa shape index (κ3) is 7.77. The molecule has 2 rings (SSSR count). The quantitative estimate of drug-likeness (QED) is 0.446. The van der Waals surface area contributed by atoms with E-state index in [4.69, 9.17) is 14.2 Å². The number of benzene rings is 1. The molecule has 2 amide bonds. The van der Waals surface area contributed by atoms with Crippen LogP contribution in [0.5, 0.6) is 0 Å². The van der Waals surface area contributed by atoms with Crippen LogP contribution < -0.4 is 5.32 Å². The Kier molecular flexibility index (Phi) is 8.26. The summed E-state index contributed by atoms with van der Waals surface area (Å²) in [6, 6.07) is 9.22. The van der Waals surface area contributed by atoms with Gasteiger partial charge in [0.2, 0.25) is 0 Å². The Morgan fingerprint density at radius 1 is 1.20 bits per heavy atom. The fourth-order valence-corrected chi connectivity index (χ4v) is 3.01. The fourth-order valence-electron chi connectivity index (χ4n) is 3.01. The Morgan fingerprint density at radius 2 is 1.90 bits per heavy atom. The van der Waals surface area contributed by atoms with E-state index < -0.39 is 23.8 Å². The molecular formula is C22H30N2O6. The second kappa shape index (κ2) is 10.7. The number of hydrogen-bond donors (Lipinski definition) is 1. The number of ether oxygens (including phenoxy) is 3. The minimum absolute atomic E-state index is 0.00778. The number of carbonyl (C=O) groups is 3. The van der Waals surface area contributed by atoms with Crippen molar-refractivity contribution in [1.82, 2.24) is 10.2 Å². The van der Waals surface area contributed by atoms with Gasteiger partial charge in [-0.05, 0) is 51.2 Å². The van der Waals surface area contributed by atoms with Crippen LogP contribution in [0.25, 0.3) is 0 Å². The number of alkyl carbamates (subject to hydrolysis) is 1. The first-order chi connectivity index (χ1) is 14.2. The van der Waals surface area contributed by atoms with Crippen LogP contribution >= 0.6 is 0 Å². The highest BCUT2D eigenvalue weighted by molar-refractivity contribution is 5.92. The van der Waals surface area contributed by atoms with Gasteiger partial charge in [0, 0.05) is 13.1 Å². The zero-order valence-corrected chi connectivity index (χ0v) is 18.0. The van der Waals surface area contributed by atoms with Gasteiger partial charge in [0.05, 0.1) is 7.11 Å². The van der Waals surface area contributed by atoms with E-state index in [-0.39, 0.29) is 18.2 Å². The summed E-state index contributed by atoms with van der Waals surface area (Å²) in [5.74, 6) is -0.809. The molecule has 1 atom stereocenters. The largest absolute Gasteiger partial charge is 0.464 e. The monoisotopic (exact) mass is 418 g/mol. The Bertz CT molecular complexity index is 770. The molecule has 0 aliphatic carbocycles. The zero-order valence-electron chi connectivity index (χ0n) is 18.0. The first kappa shape index (κ1) is 23.3. The minimum atomic E-state index is -0.754. The van der Waals surface area contributed by atoms with Crippen molar-refractivity contribution in [3.05, 3.63) is 47.7 Å². The highest BCUT2D eigenvalue weighted by atomic mass is 16.6. The second-order valence-corrected chi connectivity index (χ2v) is 8.09. The lowest BCUT2D eigenvalue weighted by Crippen LogP contribution is -2.43. The highest BCUT2D eigenvalue weighted by Crippen LogP contribution is 2.21. The molecular weight excluding hydrogens is 388 g/mol. The van der Waals surface area contributed by atoms with Gasteiger partial charge < -0.3 is 19.1 Å². The molecule has 1 aromatic rings. The van der Waals surface area contributed by atoms with Crippen LogP contribution in [0.15, 0.2) is 42.1 Å². The molecule has 1 heterocycles. The molecule has 0 aromatic heterocycles. The minimum Gasteiger partial charge on any atom is -0.464 e. The summed E-state index contributed by atoms with van der Waals surface area (Å²) in [6.45, 7) is 6.48. The molecule has 8 nitrogen and oxygen atoms in total. The molecule has 30 heavy (non-hydrogen) atoms. The van der Waals surface area contributed by atoms with E-state index in [1.54, 1.807) is 11.0 Å². The Morgan fingerprint density at radius 3 is 2.53 bits per heavy atom. The van der Waals surface area contributed by atoms with Crippen LogP contribution in [0.4, 0.5) is 9.59 Å². The highest BCUT2D eigenvalue weighted by Gasteiger charge is 2.28. The molecule has 1 N–H and O–H groups in total. The smallest absolute Gasteiger partial charge is 0.412 e. The predicted octanol–water partition coefficient (Wildman–Crippen LogP) is 3.62. The first-order valence-electron chi connectivity index (χ1n) is 9.93. The van der Waals surface area contributed by atoms with Crippen molar-refractivity contribution < 1.29 is 28.6 Å². The van der Waals surface area contributed by atoms with Crippen LogP contribution in [0, 0.1) is 5.92 Å². The van der Waals surface area contributed by atoms with Crippen molar-refractivity contribution >= 4 is 18.2 Å². The van der Waals surface area contributed by atoms with Gasteiger partial charge in [-0.1, -0.05) is 30.3 Å². The molecule has 0 radical (unpaired) electrons. The average Bonchev–Trinajstić information content (AvgIpc) is 2.71. The Hall–Kier alpha value is -3.03. The number of amides is 2. The first-order valence-corrected chi connectivity index (χ1v) is 9.93. The summed E-state index contributed by atoms with van der Waals surface area (Å²) in [5, 5.41) is 2.46. The van der Waals surface area contributed by atoms with Crippen LogP contribution in [0.1, 0.15) is 39.2 Å². The lowest BCUT2D eigenvalue weighted by Gasteiger charge is -2.33. The van der Waals surface area contributed by atoms with Crippen molar-refractivity contribution in [2.45, 2.75) is 45.8 Å². The van der Waals surface area contributed by atoms with Crippen molar-refractivity contribution in [3.63, 3.8) is 0 Å². The van der Waals surface area contributed by atoms with Gasteiger partial charge in [-0.25, -0.2) is 14.4 Å². The molecule has 1 aliphatic rings. The summed E-state index contributed by atoms with van der Waals surface area (Å²) in [5.41, 5.74) is 0.240. The van der Waals surface area contributed by atoms with Gasteiger partial charge in [-0.3, -0.25) is 5.32 Å². The molecule has 0 bridgehead atoms. The Balaban J connectivity index is 2.00. The summed E-state index contributed by atoms with van der Waals surface area (Å²) in [6.07, 6.45) is 1.99. The number of methoxy groups -OCH3 is 1. The van der Waals surface area contributed by atoms with Crippen molar-refractivity contribution in [2.75, 3.05) is 20.2 Å². The number of esters is 1. The van der Waals surface area contributed by atoms with Crippen molar-refractivity contribution in [3.8, 4) is 0 Å². The molecule has 1 aliphatic heterocycles. The lowest BCUT2D eigenvalue weighted by molar-refractivity contribution is -0.136. The van der Waals surface area contributed by atoms with Crippen LogP contribution in [0.2, 0.25) is 0 Å². The zero-order chi connectivity index (χ0) is 22.1. The van der Waals surface area contributed by atoms with Gasteiger partial charge >= 0.3 is 18.2 Å². The number of rotatable bonds is 5. The SMILES string of the molecule is COC(=O)/C(=C\[C@@H]1CCCN(C(=O)OC(C)(C)C)C1)NC(=O)OCc1ccccc1. The third-order valence-electron chi connectivity index (χ3n) is 4.37. The normalized spacial score (nSPS) is 17.1. The van der Waals surface area contributed by atoms with E-state index in [0.29, 0.717) is 13.1 Å². The molecule has 0 saturated carbocycles. The third-order valence-corrected chi connectivity index (χ3v) is 4.37. The summed E-state index contributed by atoms with van der Waals surface area (Å²) >= 11 is 0. The van der Waals surface area contributed by atoms with E-state index >= 15 is 0 Å². The maximum atomic E-state index is 12.3. The van der Waals surface area contributed by atoms with E-state index in [1.165, 1.54) is 7.11 Å². The van der Waals surface area contributed by atoms with Crippen molar-refractivity contribution in [2.24, 2.45) is 5.92 Å². The molecule has 1 fully saturated rings. The van der Waals surface area contributed by atoms with Crippen LogP contribution in [-0.4, -0.2) is 48.9 Å². The average molecular weight is 418 g/mol. The molecule has 0 unspecified atom stereocenters. The van der Waals surface area contributed by atoms with Gasteiger partial charge in [-0.15, -0.1) is 0 Å². The number of nitrogens with one attached hydrogen (secondary N) is 1. The van der Waals surface area contributed by atoms with Crippen LogP contribution in [-0.2, 0) is 25.6 Å². The second-order valence-electron chi connectivity index (χ2n) is 8.09. The topological polar surface area (TPSA) is 94.2 Å². The van der Waals surface area contributed by atoms with E-state index in [2.05, 4.69) is 5.32 Å². The standard InChI is InChI=1S/C22H30N2O6/c1-22(2,3)30-21(27)24-12-8-11-17(14-24)13-18(19(25)28-4)23-20(26)29-15-16-9-6-5-7-10-16/h5-7,9-10,13,17H,8,11-12,14-15H2,1-4H3,(H,23,26)/b18-13+/t17-/m0/s1. The van der Waals surface area contributed by atoms with E-state index in [0.717, 1.165) is 18.4 Å². The lowest BCUT2D eigenvalue weighted by atomic mass is 9.97. The van der Waals surface area contributed by atoms with E-state index in [9.17, 15) is 14.4 Å². The number of carbonyl (C=O) groups excluding carboxylic acids is 3. The number of hydrogen-bond acceptors (Lipinski definition) is 6. The maximum Gasteiger partial charge on any atom is 0.412 e. The summed E-state index contributed by atoms with van der Waals surface area (Å²) in [7, 11) is 1.24. The molecule has 1 aromatic carbocycles. The van der Waals surface area contributed by atoms with Gasteiger partial charge in [0.25, 0.3) is 0 Å². The van der Waals surface area contributed by atoms with Gasteiger partial charge in [0.15, 0.2) is 0 Å². The molecule has 1 saturated heterocycles. The van der Waals surface area contributed by atoms with Gasteiger partial charge in [0.1, 0.15) is 17.9 Å². The molecule has 164 valence electrons. The van der Waals surface area contributed by atoms with Crippen LogP contribution in [0.3, 0.4) is 0 Å². The summed E-state index contributed by atoms with van der Waals surface area (Å²) in [4.78, 5) is 38.2. The maximum absolute atomic E-state index is 12.3. The predicted molar refractivity (Wildman–Crippen MR) is 110 cm³/mol.